The molecule has 0 unspecified atom stereocenters. The molecule has 1 N–H and O–H groups in total. The van der Waals surface area contributed by atoms with Crippen LogP contribution in [-0.4, -0.2) is 18.5 Å². The van der Waals surface area contributed by atoms with Crippen molar-refractivity contribution in [3.05, 3.63) is 53.2 Å². The SMILES string of the molecule is Cc1ccc(F)cc1NC(=O)COC(=O)c1occc1C. The normalized spacial score (nSPS) is 10.2. The maximum Gasteiger partial charge on any atom is 0.375 e. The second-order valence-corrected chi connectivity index (χ2v) is 4.52. The van der Waals surface area contributed by atoms with Crippen LogP contribution in [0.3, 0.4) is 0 Å². The Morgan fingerprint density at radius 3 is 2.67 bits per heavy atom. The zero-order chi connectivity index (χ0) is 15.4. The summed E-state index contributed by atoms with van der Waals surface area (Å²) in [6.45, 7) is 2.94. The molecule has 21 heavy (non-hydrogen) atoms. The van der Waals surface area contributed by atoms with Crippen LogP contribution in [0.25, 0.3) is 0 Å². The molecule has 110 valence electrons. The molecule has 0 atom stereocenters. The molecule has 1 aromatic carbocycles. The lowest BCUT2D eigenvalue weighted by Gasteiger charge is -2.08. The number of aryl methyl sites for hydroxylation is 2. The van der Waals surface area contributed by atoms with Crippen LogP contribution in [0, 0.1) is 19.7 Å². The van der Waals surface area contributed by atoms with E-state index < -0.39 is 24.3 Å². The van der Waals surface area contributed by atoms with Gasteiger partial charge in [0.15, 0.2) is 6.61 Å². The number of amides is 1. The molecule has 6 heteroatoms. The van der Waals surface area contributed by atoms with Crippen LogP contribution >= 0.6 is 0 Å². The molecule has 0 aliphatic carbocycles. The molecule has 0 saturated heterocycles. The summed E-state index contributed by atoms with van der Waals surface area (Å²) in [5.41, 5.74) is 1.67. The monoisotopic (exact) mass is 291 g/mol. The Morgan fingerprint density at radius 1 is 1.24 bits per heavy atom. The molecule has 0 spiro atoms. The van der Waals surface area contributed by atoms with Crippen molar-refractivity contribution < 1.29 is 23.1 Å². The first-order valence-corrected chi connectivity index (χ1v) is 6.24. The Kier molecular flexibility index (Phi) is 4.37. The number of rotatable bonds is 4. The highest BCUT2D eigenvalue weighted by Gasteiger charge is 2.16. The summed E-state index contributed by atoms with van der Waals surface area (Å²) in [5, 5.41) is 2.48. The summed E-state index contributed by atoms with van der Waals surface area (Å²) >= 11 is 0. The average molecular weight is 291 g/mol. The van der Waals surface area contributed by atoms with E-state index >= 15 is 0 Å². The molecule has 1 heterocycles. The highest BCUT2D eigenvalue weighted by molar-refractivity contribution is 5.95. The molecule has 0 saturated carbocycles. The van der Waals surface area contributed by atoms with Crippen LogP contribution in [0.5, 0.6) is 0 Å². The van der Waals surface area contributed by atoms with Gasteiger partial charge in [0.05, 0.1) is 6.26 Å². The van der Waals surface area contributed by atoms with Gasteiger partial charge in [-0.1, -0.05) is 6.07 Å². The third-order valence-corrected chi connectivity index (χ3v) is 2.86. The second-order valence-electron chi connectivity index (χ2n) is 4.52. The van der Waals surface area contributed by atoms with Gasteiger partial charge in [-0.05, 0) is 37.6 Å². The van der Waals surface area contributed by atoms with Crippen LogP contribution in [0.1, 0.15) is 21.7 Å². The number of furan rings is 1. The van der Waals surface area contributed by atoms with Gasteiger partial charge in [0, 0.05) is 11.3 Å². The van der Waals surface area contributed by atoms with Gasteiger partial charge in [-0.15, -0.1) is 0 Å². The highest BCUT2D eigenvalue weighted by Crippen LogP contribution is 2.16. The van der Waals surface area contributed by atoms with E-state index in [9.17, 15) is 14.0 Å². The summed E-state index contributed by atoms with van der Waals surface area (Å²) < 4.78 is 22.9. The lowest BCUT2D eigenvalue weighted by molar-refractivity contribution is -0.119. The summed E-state index contributed by atoms with van der Waals surface area (Å²) in [6, 6.07) is 5.66. The number of ether oxygens (including phenoxy) is 1. The number of benzene rings is 1. The second kappa shape index (κ2) is 6.21. The smallest absolute Gasteiger partial charge is 0.375 e. The van der Waals surface area contributed by atoms with Crippen molar-refractivity contribution in [3.63, 3.8) is 0 Å². The van der Waals surface area contributed by atoms with Crippen LogP contribution in [-0.2, 0) is 9.53 Å². The third kappa shape index (κ3) is 3.68. The molecule has 2 rings (SSSR count). The molecule has 0 aliphatic heterocycles. The zero-order valence-electron chi connectivity index (χ0n) is 11.6. The number of carbonyl (C=O) groups is 2. The fraction of sp³-hybridized carbons (Fsp3) is 0.200. The van der Waals surface area contributed by atoms with E-state index in [1.807, 2.05) is 0 Å². The number of esters is 1. The Labute approximate surface area is 120 Å². The van der Waals surface area contributed by atoms with Crippen LogP contribution < -0.4 is 5.32 Å². The summed E-state index contributed by atoms with van der Waals surface area (Å²) in [4.78, 5) is 23.3. The van der Waals surface area contributed by atoms with Crippen LogP contribution in [0.15, 0.2) is 34.9 Å². The standard InChI is InChI=1S/C15H14FNO4/c1-9-3-4-11(16)7-12(9)17-13(18)8-21-15(19)14-10(2)5-6-20-14/h3-7H,8H2,1-2H3,(H,17,18). The van der Waals surface area contributed by atoms with E-state index in [-0.39, 0.29) is 5.76 Å². The van der Waals surface area contributed by atoms with Gasteiger partial charge in [-0.25, -0.2) is 9.18 Å². The highest BCUT2D eigenvalue weighted by atomic mass is 19.1. The molecule has 0 bridgehead atoms. The third-order valence-electron chi connectivity index (χ3n) is 2.86. The number of hydrogen-bond donors (Lipinski definition) is 1. The first kappa shape index (κ1) is 14.8. The summed E-state index contributed by atoms with van der Waals surface area (Å²) in [7, 11) is 0. The molecule has 1 amide bonds. The van der Waals surface area contributed by atoms with E-state index in [0.29, 0.717) is 16.8 Å². The van der Waals surface area contributed by atoms with Crippen molar-refractivity contribution in [2.24, 2.45) is 0 Å². The minimum atomic E-state index is -0.719. The number of halogens is 1. The molecule has 0 radical (unpaired) electrons. The van der Waals surface area contributed by atoms with Crippen LogP contribution in [0.4, 0.5) is 10.1 Å². The minimum Gasteiger partial charge on any atom is -0.457 e. The van der Waals surface area contributed by atoms with Gasteiger partial charge in [0.2, 0.25) is 5.76 Å². The largest absolute Gasteiger partial charge is 0.457 e. The lowest BCUT2D eigenvalue weighted by Crippen LogP contribution is -2.21. The maximum absolute atomic E-state index is 13.1. The molecule has 1 aromatic heterocycles. The zero-order valence-corrected chi connectivity index (χ0v) is 11.6. The molecular weight excluding hydrogens is 277 g/mol. The molecule has 0 fully saturated rings. The van der Waals surface area contributed by atoms with E-state index in [1.165, 1.54) is 18.4 Å². The van der Waals surface area contributed by atoms with E-state index in [4.69, 9.17) is 9.15 Å². The average Bonchev–Trinajstić information content (AvgIpc) is 2.86. The Balaban J connectivity index is 1.92. The summed E-state index contributed by atoms with van der Waals surface area (Å²) in [6.07, 6.45) is 1.36. The van der Waals surface area contributed by atoms with Gasteiger partial charge in [-0.3, -0.25) is 4.79 Å². The Morgan fingerprint density at radius 2 is 2.00 bits per heavy atom. The van der Waals surface area contributed by atoms with Crippen molar-refractivity contribution in [3.8, 4) is 0 Å². The first-order valence-electron chi connectivity index (χ1n) is 6.24. The van der Waals surface area contributed by atoms with Gasteiger partial charge in [0.25, 0.3) is 5.91 Å². The molecule has 2 aromatic rings. The van der Waals surface area contributed by atoms with Gasteiger partial charge in [0.1, 0.15) is 5.82 Å². The van der Waals surface area contributed by atoms with Gasteiger partial charge < -0.3 is 14.5 Å². The fourth-order valence-electron chi connectivity index (χ4n) is 1.69. The van der Waals surface area contributed by atoms with Crippen LogP contribution in [0.2, 0.25) is 0 Å². The quantitative estimate of drug-likeness (QED) is 0.879. The molecule has 0 aliphatic rings. The van der Waals surface area contributed by atoms with Gasteiger partial charge >= 0.3 is 5.97 Å². The first-order chi connectivity index (χ1) is 9.97. The predicted octanol–water partition coefficient (Wildman–Crippen LogP) is 2.83. The summed E-state index contributed by atoms with van der Waals surface area (Å²) in [5.74, 6) is -1.67. The maximum atomic E-state index is 13.1. The number of hydrogen-bond acceptors (Lipinski definition) is 4. The number of carbonyl (C=O) groups excluding carboxylic acids is 2. The van der Waals surface area contributed by atoms with E-state index in [2.05, 4.69) is 5.32 Å². The topological polar surface area (TPSA) is 68.5 Å². The van der Waals surface area contributed by atoms with E-state index in [0.717, 1.165) is 0 Å². The number of anilines is 1. The Hall–Kier alpha value is -2.63. The predicted molar refractivity (Wildman–Crippen MR) is 73.5 cm³/mol. The Bertz CT molecular complexity index is 678. The van der Waals surface area contributed by atoms with Crippen molar-refractivity contribution in [2.75, 3.05) is 11.9 Å². The van der Waals surface area contributed by atoms with Crippen molar-refractivity contribution in [1.29, 1.82) is 0 Å². The van der Waals surface area contributed by atoms with Gasteiger partial charge in [-0.2, -0.15) is 0 Å². The van der Waals surface area contributed by atoms with Crippen molar-refractivity contribution in [2.45, 2.75) is 13.8 Å². The lowest BCUT2D eigenvalue weighted by atomic mass is 10.2. The van der Waals surface area contributed by atoms with E-state index in [1.54, 1.807) is 26.0 Å². The van der Waals surface area contributed by atoms with Crippen molar-refractivity contribution in [1.82, 2.24) is 0 Å². The fourth-order valence-corrected chi connectivity index (χ4v) is 1.69. The molecular formula is C15H14FNO4. The molecule has 5 nitrogen and oxygen atoms in total. The number of nitrogens with one attached hydrogen (secondary N) is 1. The minimum absolute atomic E-state index is 0.0599. The van der Waals surface area contributed by atoms with Crippen molar-refractivity contribution >= 4 is 17.6 Å².